The van der Waals surface area contributed by atoms with Gasteiger partial charge in [0.05, 0.1) is 0 Å². The summed E-state index contributed by atoms with van der Waals surface area (Å²) in [5.41, 5.74) is 6.94. The lowest BCUT2D eigenvalue weighted by Crippen LogP contribution is -2.24. The zero-order chi connectivity index (χ0) is 13.9. The van der Waals surface area contributed by atoms with E-state index in [1.165, 1.54) is 6.20 Å². The fraction of sp³-hybridized carbons (Fsp3) is 0.231. The third-order valence-corrected chi connectivity index (χ3v) is 4.25. The summed E-state index contributed by atoms with van der Waals surface area (Å²) >= 11 is 0. The Hall–Kier alpha value is -1.97. The third-order valence-electron chi connectivity index (χ3n) is 2.75. The van der Waals surface area contributed by atoms with Crippen LogP contribution < -0.4 is 10.5 Å². The molecule has 19 heavy (non-hydrogen) atoms. The Labute approximate surface area is 112 Å². The van der Waals surface area contributed by atoms with Crippen molar-refractivity contribution < 1.29 is 8.42 Å². The van der Waals surface area contributed by atoms with Gasteiger partial charge in [-0.15, -0.1) is 12.3 Å². The number of rotatable bonds is 5. The SMILES string of the molecule is C#CCCCNS(=O)(=O)c1c[nH]c2ccc(N)cc12. The fourth-order valence-corrected chi connectivity index (χ4v) is 3.05. The van der Waals surface area contributed by atoms with Gasteiger partial charge in [0, 0.05) is 35.8 Å². The summed E-state index contributed by atoms with van der Waals surface area (Å²) < 4.78 is 26.8. The molecule has 5 nitrogen and oxygen atoms in total. The number of nitrogens with two attached hydrogens (primary N) is 1. The van der Waals surface area contributed by atoms with Crippen LogP contribution >= 0.6 is 0 Å². The van der Waals surface area contributed by atoms with Crippen LogP contribution in [0.5, 0.6) is 0 Å². The molecule has 0 saturated heterocycles. The summed E-state index contributed by atoms with van der Waals surface area (Å²) in [6, 6.07) is 5.11. The monoisotopic (exact) mass is 277 g/mol. The van der Waals surface area contributed by atoms with Crippen molar-refractivity contribution in [3.8, 4) is 12.3 Å². The van der Waals surface area contributed by atoms with E-state index in [4.69, 9.17) is 12.2 Å². The van der Waals surface area contributed by atoms with Gasteiger partial charge >= 0.3 is 0 Å². The smallest absolute Gasteiger partial charge is 0.242 e. The molecule has 0 unspecified atom stereocenters. The zero-order valence-corrected chi connectivity index (χ0v) is 11.1. The summed E-state index contributed by atoms with van der Waals surface area (Å²) in [6.45, 7) is 0.321. The van der Waals surface area contributed by atoms with Crippen LogP contribution in [0.1, 0.15) is 12.8 Å². The van der Waals surface area contributed by atoms with E-state index in [0.29, 0.717) is 30.5 Å². The molecule has 1 heterocycles. The van der Waals surface area contributed by atoms with Crippen LogP contribution in [-0.2, 0) is 10.0 Å². The standard InChI is InChI=1S/C13H15N3O2S/c1-2-3-4-7-16-19(17,18)13-9-15-12-6-5-10(14)8-11(12)13/h1,5-6,8-9,15-16H,3-4,7,14H2. The van der Waals surface area contributed by atoms with Crippen LogP contribution in [0, 0.1) is 12.3 Å². The van der Waals surface area contributed by atoms with Crippen molar-refractivity contribution in [1.29, 1.82) is 0 Å². The highest BCUT2D eigenvalue weighted by atomic mass is 32.2. The van der Waals surface area contributed by atoms with E-state index in [9.17, 15) is 8.42 Å². The fourth-order valence-electron chi connectivity index (χ4n) is 1.81. The van der Waals surface area contributed by atoms with Crippen molar-refractivity contribution in [2.75, 3.05) is 12.3 Å². The quantitative estimate of drug-likeness (QED) is 0.439. The van der Waals surface area contributed by atoms with E-state index >= 15 is 0 Å². The Morgan fingerprint density at radius 2 is 2.21 bits per heavy atom. The van der Waals surface area contributed by atoms with Crippen molar-refractivity contribution >= 4 is 26.6 Å². The lowest BCUT2D eigenvalue weighted by Gasteiger charge is -2.04. The van der Waals surface area contributed by atoms with Gasteiger partial charge in [0.15, 0.2) is 0 Å². The highest BCUT2D eigenvalue weighted by Gasteiger charge is 2.18. The van der Waals surface area contributed by atoms with Crippen LogP contribution in [0.15, 0.2) is 29.3 Å². The van der Waals surface area contributed by atoms with Crippen molar-refractivity contribution in [2.24, 2.45) is 0 Å². The first-order chi connectivity index (χ1) is 9.04. The summed E-state index contributed by atoms with van der Waals surface area (Å²) in [5.74, 6) is 2.47. The van der Waals surface area contributed by atoms with E-state index in [1.54, 1.807) is 18.2 Å². The summed E-state index contributed by atoms with van der Waals surface area (Å²) in [5, 5.41) is 0.587. The number of nitrogen functional groups attached to an aromatic ring is 1. The average Bonchev–Trinajstić information content (AvgIpc) is 2.78. The average molecular weight is 277 g/mol. The number of aromatic nitrogens is 1. The Morgan fingerprint density at radius 3 is 2.95 bits per heavy atom. The molecule has 1 aromatic carbocycles. The molecule has 4 N–H and O–H groups in total. The number of terminal acetylenes is 1. The van der Waals surface area contributed by atoms with E-state index in [1.807, 2.05) is 0 Å². The molecule has 0 radical (unpaired) electrons. The number of hydrogen-bond acceptors (Lipinski definition) is 3. The van der Waals surface area contributed by atoms with E-state index in [0.717, 1.165) is 5.52 Å². The second-order valence-electron chi connectivity index (χ2n) is 4.16. The predicted molar refractivity (Wildman–Crippen MR) is 76.0 cm³/mol. The molecule has 2 aromatic rings. The predicted octanol–water partition coefficient (Wildman–Crippen LogP) is 1.44. The van der Waals surface area contributed by atoms with Gasteiger partial charge in [-0.05, 0) is 24.6 Å². The molecule has 0 atom stereocenters. The van der Waals surface area contributed by atoms with Crippen molar-refractivity contribution in [1.82, 2.24) is 9.71 Å². The summed E-state index contributed by atoms with van der Waals surface area (Å²) in [7, 11) is -3.55. The largest absolute Gasteiger partial charge is 0.399 e. The van der Waals surface area contributed by atoms with Gasteiger partial charge in [-0.3, -0.25) is 0 Å². The molecule has 0 spiro atoms. The molecule has 100 valence electrons. The Bertz CT molecular complexity index is 726. The number of fused-ring (bicyclic) bond motifs is 1. The number of H-pyrrole nitrogens is 1. The number of unbranched alkanes of at least 4 members (excludes halogenated alkanes) is 1. The minimum atomic E-state index is -3.55. The van der Waals surface area contributed by atoms with Crippen LogP contribution in [0.4, 0.5) is 5.69 Å². The maximum Gasteiger partial charge on any atom is 0.242 e. The van der Waals surface area contributed by atoms with E-state index in [2.05, 4.69) is 15.6 Å². The Kier molecular flexibility index (Phi) is 3.79. The molecule has 1 aromatic heterocycles. The molecule has 0 aliphatic carbocycles. The van der Waals surface area contributed by atoms with Gasteiger partial charge in [0.25, 0.3) is 0 Å². The molecule has 0 bridgehead atoms. The zero-order valence-electron chi connectivity index (χ0n) is 10.3. The molecular weight excluding hydrogens is 262 g/mol. The maximum atomic E-state index is 12.2. The van der Waals surface area contributed by atoms with Crippen LogP contribution in [0.3, 0.4) is 0 Å². The summed E-state index contributed by atoms with van der Waals surface area (Å²) in [6.07, 6.45) is 7.74. The van der Waals surface area contributed by atoms with Crippen molar-refractivity contribution in [2.45, 2.75) is 17.7 Å². The normalized spacial score (nSPS) is 11.5. The number of nitrogens with one attached hydrogen (secondary N) is 2. The van der Waals surface area contributed by atoms with Crippen LogP contribution in [0.25, 0.3) is 10.9 Å². The molecule has 2 rings (SSSR count). The van der Waals surface area contributed by atoms with Gasteiger partial charge in [-0.25, -0.2) is 13.1 Å². The van der Waals surface area contributed by atoms with Crippen LogP contribution in [0.2, 0.25) is 0 Å². The van der Waals surface area contributed by atoms with E-state index < -0.39 is 10.0 Å². The lowest BCUT2D eigenvalue weighted by molar-refractivity contribution is 0.580. The highest BCUT2D eigenvalue weighted by Crippen LogP contribution is 2.24. The highest BCUT2D eigenvalue weighted by molar-refractivity contribution is 7.89. The molecule has 0 amide bonds. The lowest BCUT2D eigenvalue weighted by atomic mass is 10.2. The van der Waals surface area contributed by atoms with Crippen molar-refractivity contribution in [3.05, 3.63) is 24.4 Å². The van der Waals surface area contributed by atoms with Gasteiger partial charge in [-0.2, -0.15) is 0 Å². The van der Waals surface area contributed by atoms with E-state index in [-0.39, 0.29) is 4.90 Å². The number of benzene rings is 1. The Morgan fingerprint density at radius 1 is 1.42 bits per heavy atom. The molecular formula is C13H15N3O2S. The number of aromatic amines is 1. The van der Waals surface area contributed by atoms with Gasteiger partial charge in [0.1, 0.15) is 4.90 Å². The third kappa shape index (κ3) is 2.89. The first kappa shape index (κ1) is 13.5. The number of sulfonamides is 1. The first-order valence-electron chi connectivity index (χ1n) is 5.84. The van der Waals surface area contributed by atoms with Crippen molar-refractivity contribution in [3.63, 3.8) is 0 Å². The first-order valence-corrected chi connectivity index (χ1v) is 7.32. The second kappa shape index (κ2) is 5.34. The minimum Gasteiger partial charge on any atom is -0.399 e. The number of anilines is 1. The topological polar surface area (TPSA) is 88.0 Å². The van der Waals surface area contributed by atoms with Gasteiger partial charge < -0.3 is 10.7 Å². The Balaban J connectivity index is 2.28. The maximum absolute atomic E-state index is 12.2. The number of hydrogen-bond donors (Lipinski definition) is 3. The van der Waals surface area contributed by atoms with Crippen LogP contribution in [-0.4, -0.2) is 19.9 Å². The molecule has 0 saturated carbocycles. The molecule has 6 heteroatoms. The molecule has 0 fully saturated rings. The van der Waals surface area contributed by atoms with Gasteiger partial charge in [0.2, 0.25) is 10.0 Å². The van der Waals surface area contributed by atoms with Gasteiger partial charge in [-0.1, -0.05) is 0 Å². The molecule has 0 aliphatic heterocycles. The molecule has 0 aliphatic rings. The summed E-state index contributed by atoms with van der Waals surface area (Å²) in [4.78, 5) is 3.12. The second-order valence-corrected chi connectivity index (χ2v) is 5.90. The minimum absolute atomic E-state index is 0.204.